The van der Waals surface area contributed by atoms with Gasteiger partial charge in [-0.3, -0.25) is 4.98 Å². The van der Waals surface area contributed by atoms with Crippen LogP contribution in [0.4, 0.5) is 10.2 Å². The number of aromatic nitrogens is 3. The molecule has 1 aliphatic heterocycles. The zero-order valence-corrected chi connectivity index (χ0v) is 16.7. The highest BCUT2D eigenvalue weighted by Gasteiger charge is 2.15. The summed E-state index contributed by atoms with van der Waals surface area (Å²) in [5.41, 5.74) is 2.76. The molecule has 148 valence electrons. The third-order valence-corrected chi connectivity index (χ3v) is 4.86. The molecule has 1 aromatic carbocycles. The molecule has 0 unspecified atom stereocenters. The second-order valence-corrected chi connectivity index (χ2v) is 6.72. The summed E-state index contributed by atoms with van der Waals surface area (Å²) < 4.78 is 19.1. The van der Waals surface area contributed by atoms with E-state index < -0.39 is 5.82 Å². The van der Waals surface area contributed by atoms with Crippen molar-refractivity contribution < 1.29 is 9.13 Å². The van der Waals surface area contributed by atoms with Crippen molar-refractivity contribution >= 4 is 30.3 Å². The minimum atomic E-state index is -0.418. The van der Waals surface area contributed by atoms with Crippen molar-refractivity contribution in [1.29, 1.82) is 0 Å². The SMILES string of the molecule is COc1ccc(-c2cc3nccnc3c(NC[C@H]3CCCNC3)n2)cc1F.S. The second-order valence-electron chi connectivity index (χ2n) is 6.72. The second kappa shape index (κ2) is 9.16. The van der Waals surface area contributed by atoms with E-state index in [0.717, 1.165) is 30.7 Å². The molecule has 1 atom stereocenters. The van der Waals surface area contributed by atoms with Crippen molar-refractivity contribution in [3.8, 4) is 17.0 Å². The van der Waals surface area contributed by atoms with Gasteiger partial charge in [-0.2, -0.15) is 13.5 Å². The maximum Gasteiger partial charge on any atom is 0.165 e. The summed E-state index contributed by atoms with van der Waals surface area (Å²) in [4.78, 5) is 13.5. The third-order valence-electron chi connectivity index (χ3n) is 4.86. The standard InChI is InChI=1S/C20H22FN5O.H2S/c1-27-18-5-4-14(9-15(18)21)16-10-17-19(24-8-7-23-17)20(26-16)25-12-13-3-2-6-22-11-13;/h4-5,7-10,13,22H,2-3,6,11-12H2,1H3,(H,25,26);1H2/t13-;/m0./s1. The van der Waals surface area contributed by atoms with Gasteiger partial charge in [0.05, 0.1) is 18.3 Å². The highest BCUT2D eigenvalue weighted by molar-refractivity contribution is 7.59. The topological polar surface area (TPSA) is 72.0 Å². The molecule has 2 aromatic heterocycles. The van der Waals surface area contributed by atoms with Crippen LogP contribution in [0.15, 0.2) is 36.7 Å². The molecule has 0 aliphatic carbocycles. The van der Waals surface area contributed by atoms with Gasteiger partial charge >= 0.3 is 0 Å². The van der Waals surface area contributed by atoms with Crippen LogP contribution < -0.4 is 15.4 Å². The van der Waals surface area contributed by atoms with Crippen molar-refractivity contribution in [3.63, 3.8) is 0 Å². The smallest absolute Gasteiger partial charge is 0.165 e. The monoisotopic (exact) mass is 401 g/mol. The van der Waals surface area contributed by atoms with E-state index in [0.29, 0.717) is 23.0 Å². The number of methoxy groups -OCH3 is 1. The van der Waals surface area contributed by atoms with Gasteiger partial charge in [0, 0.05) is 24.5 Å². The highest BCUT2D eigenvalue weighted by atomic mass is 32.1. The molecule has 0 amide bonds. The molecule has 1 saturated heterocycles. The van der Waals surface area contributed by atoms with Gasteiger partial charge in [-0.15, -0.1) is 0 Å². The van der Waals surface area contributed by atoms with E-state index in [2.05, 4.69) is 20.6 Å². The van der Waals surface area contributed by atoms with Crippen molar-refractivity contribution in [2.24, 2.45) is 5.92 Å². The number of nitrogens with one attached hydrogen (secondary N) is 2. The van der Waals surface area contributed by atoms with Crippen LogP contribution >= 0.6 is 13.5 Å². The first-order valence-electron chi connectivity index (χ1n) is 9.15. The van der Waals surface area contributed by atoms with E-state index in [-0.39, 0.29) is 19.2 Å². The van der Waals surface area contributed by atoms with Crippen molar-refractivity contribution in [2.45, 2.75) is 12.8 Å². The van der Waals surface area contributed by atoms with E-state index in [1.165, 1.54) is 26.0 Å². The Kier molecular flexibility index (Phi) is 6.64. The van der Waals surface area contributed by atoms with Crippen LogP contribution in [0.5, 0.6) is 5.75 Å². The molecule has 0 radical (unpaired) electrons. The van der Waals surface area contributed by atoms with E-state index in [1.807, 2.05) is 6.07 Å². The summed E-state index contributed by atoms with van der Waals surface area (Å²) in [5.74, 6) is 1.02. The Morgan fingerprint density at radius 2 is 2.11 bits per heavy atom. The molecule has 8 heteroatoms. The van der Waals surface area contributed by atoms with Gasteiger partial charge in [0.15, 0.2) is 17.4 Å². The molecule has 0 spiro atoms. The lowest BCUT2D eigenvalue weighted by atomic mass is 10.00. The minimum absolute atomic E-state index is 0. The average molecular weight is 402 g/mol. The van der Waals surface area contributed by atoms with Crippen LogP contribution in [0.25, 0.3) is 22.3 Å². The third kappa shape index (κ3) is 4.34. The first-order valence-corrected chi connectivity index (χ1v) is 9.15. The summed E-state index contributed by atoms with van der Waals surface area (Å²) in [7, 11) is 1.45. The number of piperidine rings is 1. The number of benzene rings is 1. The number of nitrogens with zero attached hydrogens (tertiary/aromatic N) is 3. The molecule has 0 saturated carbocycles. The minimum Gasteiger partial charge on any atom is -0.494 e. The molecule has 0 bridgehead atoms. The Bertz CT molecular complexity index is 949. The Morgan fingerprint density at radius 1 is 1.25 bits per heavy atom. The number of pyridine rings is 1. The zero-order chi connectivity index (χ0) is 18.6. The number of hydrogen-bond donors (Lipinski definition) is 2. The normalized spacial score (nSPS) is 16.4. The lowest BCUT2D eigenvalue weighted by molar-refractivity contribution is 0.386. The van der Waals surface area contributed by atoms with Gasteiger partial charge in [0.2, 0.25) is 0 Å². The number of rotatable bonds is 5. The van der Waals surface area contributed by atoms with Gasteiger partial charge in [0.1, 0.15) is 5.52 Å². The van der Waals surface area contributed by atoms with Gasteiger partial charge in [0.25, 0.3) is 0 Å². The zero-order valence-electron chi connectivity index (χ0n) is 15.7. The fraction of sp³-hybridized carbons (Fsp3) is 0.350. The molecular weight excluding hydrogens is 377 g/mol. The molecule has 4 rings (SSSR count). The predicted molar refractivity (Wildman–Crippen MR) is 114 cm³/mol. The van der Waals surface area contributed by atoms with Gasteiger partial charge in [-0.05, 0) is 56.1 Å². The summed E-state index contributed by atoms with van der Waals surface area (Å²) in [6.07, 6.45) is 5.68. The quantitative estimate of drug-likeness (QED) is 0.683. The molecule has 2 N–H and O–H groups in total. The van der Waals surface area contributed by atoms with Crippen molar-refractivity contribution in [3.05, 3.63) is 42.5 Å². The average Bonchev–Trinajstić information content (AvgIpc) is 2.72. The Morgan fingerprint density at radius 3 is 2.86 bits per heavy atom. The summed E-state index contributed by atoms with van der Waals surface area (Å²) in [6.45, 7) is 2.90. The molecule has 3 aromatic rings. The van der Waals surface area contributed by atoms with E-state index >= 15 is 0 Å². The van der Waals surface area contributed by atoms with Gasteiger partial charge in [-0.1, -0.05) is 0 Å². The van der Waals surface area contributed by atoms with Crippen LogP contribution in [0, 0.1) is 11.7 Å². The molecule has 1 aliphatic rings. The number of ether oxygens (including phenoxy) is 1. The lowest BCUT2D eigenvalue weighted by Crippen LogP contribution is -2.33. The van der Waals surface area contributed by atoms with E-state index in [4.69, 9.17) is 9.72 Å². The van der Waals surface area contributed by atoms with Crippen LogP contribution in [0.2, 0.25) is 0 Å². The Balaban J connectivity index is 0.00000225. The number of anilines is 1. The van der Waals surface area contributed by atoms with Crippen molar-refractivity contribution in [1.82, 2.24) is 20.3 Å². The first kappa shape index (κ1) is 20.3. The summed E-state index contributed by atoms with van der Waals surface area (Å²) >= 11 is 0. The van der Waals surface area contributed by atoms with Crippen molar-refractivity contribution in [2.75, 3.05) is 32.1 Å². The fourth-order valence-electron chi connectivity index (χ4n) is 3.41. The van der Waals surface area contributed by atoms with E-state index in [1.54, 1.807) is 24.5 Å². The fourth-order valence-corrected chi connectivity index (χ4v) is 3.41. The van der Waals surface area contributed by atoms with Crippen LogP contribution in [-0.2, 0) is 0 Å². The number of hydrogen-bond acceptors (Lipinski definition) is 6. The lowest BCUT2D eigenvalue weighted by Gasteiger charge is -2.23. The molecule has 28 heavy (non-hydrogen) atoms. The van der Waals surface area contributed by atoms with Gasteiger partial charge in [-0.25, -0.2) is 14.4 Å². The largest absolute Gasteiger partial charge is 0.494 e. The van der Waals surface area contributed by atoms with Crippen LogP contribution in [-0.4, -0.2) is 41.7 Å². The maximum absolute atomic E-state index is 14.1. The molecule has 3 heterocycles. The summed E-state index contributed by atoms with van der Waals surface area (Å²) in [6, 6.07) is 6.66. The Labute approximate surface area is 170 Å². The maximum atomic E-state index is 14.1. The number of fused-ring (bicyclic) bond motifs is 1. The molecular formula is C20H24FN5OS. The Hall–Kier alpha value is -2.45. The summed E-state index contributed by atoms with van der Waals surface area (Å²) in [5, 5.41) is 6.85. The molecule has 1 fully saturated rings. The van der Waals surface area contributed by atoms with Crippen LogP contribution in [0.1, 0.15) is 12.8 Å². The predicted octanol–water partition coefficient (Wildman–Crippen LogP) is 3.36. The van der Waals surface area contributed by atoms with E-state index in [9.17, 15) is 4.39 Å². The number of halogens is 1. The van der Waals surface area contributed by atoms with Crippen LogP contribution in [0.3, 0.4) is 0 Å². The first-order chi connectivity index (χ1) is 13.2. The van der Waals surface area contributed by atoms with Gasteiger partial charge < -0.3 is 15.4 Å². The highest BCUT2D eigenvalue weighted by Crippen LogP contribution is 2.28. The molecule has 6 nitrogen and oxygen atoms in total.